The van der Waals surface area contributed by atoms with Gasteiger partial charge in [0.2, 0.25) is 0 Å². The largest absolute Gasteiger partial charge is 0.398 e. The first-order valence-electron chi connectivity index (χ1n) is 4.16. The van der Waals surface area contributed by atoms with E-state index in [1.54, 1.807) is 24.4 Å². The topological polar surface area (TPSA) is 74.7 Å². The van der Waals surface area contributed by atoms with Crippen LogP contribution < -0.4 is 11.3 Å². The summed E-state index contributed by atoms with van der Waals surface area (Å²) in [5, 5.41) is 5.66. The molecule has 0 unspecified atom stereocenters. The van der Waals surface area contributed by atoms with Crippen LogP contribution >= 0.6 is 23.4 Å². The van der Waals surface area contributed by atoms with Crippen LogP contribution in [0.4, 0.5) is 5.69 Å². The Morgan fingerprint density at radius 3 is 2.80 bits per heavy atom. The molecular formula is C9H8ClN3OS. The predicted octanol–water partition coefficient (Wildman–Crippen LogP) is 2.09. The van der Waals surface area contributed by atoms with E-state index in [1.165, 1.54) is 11.8 Å². The first-order chi connectivity index (χ1) is 7.16. The molecule has 0 spiro atoms. The quantitative estimate of drug-likeness (QED) is 0.705. The monoisotopic (exact) mass is 241 g/mol. The van der Waals surface area contributed by atoms with Crippen molar-refractivity contribution in [1.82, 2.24) is 10.2 Å². The van der Waals surface area contributed by atoms with Crippen molar-refractivity contribution < 1.29 is 0 Å². The zero-order valence-electron chi connectivity index (χ0n) is 7.58. The number of halogens is 1. The maximum Gasteiger partial charge on any atom is 0.277 e. The van der Waals surface area contributed by atoms with Crippen LogP contribution in [-0.4, -0.2) is 10.2 Å². The first-order valence-corrected chi connectivity index (χ1v) is 5.35. The minimum absolute atomic E-state index is 0.167. The smallest absolute Gasteiger partial charge is 0.277 e. The molecule has 1 aromatic carbocycles. The van der Waals surface area contributed by atoms with E-state index in [-0.39, 0.29) is 5.56 Å². The van der Waals surface area contributed by atoms with Crippen LogP contribution in [0.25, 0.3) is 0 Å². The molecule has 4 nitrogen and oxygen atoms in total. The number of nitrogens with one attached hydrogen (secondary N) is 2. The van der Waals surface area contributed by atoms with Gasteiger partial charge in [-0.05, 0) is 18.2 Å². The number of benzene rings is 1. The van der Waals surface area contributed by atoms with Crippen LogP contribution in [0, 0.1) is 0 Å². The third-order valence-electron chi connectivity index (χ3n) is 1.81. The maximum atomic E-state index is 11.2. The minimum atomic E-state index is -0.167. The number of aromatic nitrogens is 2. The van der Waals surface area contributed by atoms with Gasteiger partial charge < -0.3 is 10.8 Å². The van der Waals surface area contributed by atoms with Crippen molar-refractivity contribution in [2.45, 2.75) is 9.79 Å². The first kappa shape index (κ1) is 10.2. The second-order valence-corrected chi connectivity index (χ2v) is 4.41. The van der Waals surface area contributed by atoms with Crippen LogP contribution in [0.2, 0.25) is 5.02 Å². The summed E-state index contributed by atoms with van der Waals surface area (Å²) >= 11 is 7.11. The Bertz CT molecular complexity index is 534. The third-order valence-corrected chi connectivity index (χ3v) is 3.14. The van der Waals surface area contributed by atoms with Crippen molar-refractivity contribution in [1.29, 1.82) is 0 Å². The molecule has 0 amide bonds. The molecule has 0 bridgehead atoms. The summed E-state index contributed by atoms with van der Waals surface area (Å²) in [4.78, 5) is 12.6. The molecule has 0 aliphatic heterocycles. The molecule has 0 aliphatic carbocycles. The Morgan fingerprint density at radius 2 is 2.13 bits per heavy atom. The van der Waals surface area contributed by atoms with Crippen molar-refractivity contribution in [3.05, 3.63) is 39.8 Å². The van der Waals surface area contributed by atoms with Gasteiger partial charge in [-0.25, -0.2) is 0 Å². The van der Waals surface area contributed by atoms with Gasteiger partial charge in [-0.3, -0.25) is 9.89 Å². The number of rotatable bonds is 2. The second-order valence-electron chi connectivity index (χ2n) is 2.89. The SMILES string of the molecule is Nc1ccc(Cl)cc1Sc1c[nH][nH]c1=O. The highest BCUT2D eigenvalue weighted by Gasteiger charge is 2.06. The van der Waals surface area contributed by atoms with Crippen molar-refractivity contribution in [3.63, 3.8) is 0 Å². The average molecular weight is 242 g/mol. The molecule has 1 aromatic heterocycles. The Hall–Kier alpha value is -1.33. The Labute approximate surface area is 94.8 Å². The van der Waals surface area contributed by atoms with Gasteiger partial charge in [-0.2, -0.15) is 0 Å². The summed E-state index contributed by atoms with van der Waals surface area (Å²) in [5.74, 6) is 0. The number of aromatic amines is 2. The zero-order valence-corrected chi connectivity index (χ0v) is 9.15. The van der Waals surface area contributed by atoms with E-state index >= 15 is 0 Å². The van der Waals surface area contributed by atoms with Gasteiger partial charge in [0.25, 0.3) is 5.56 Å². The van der Waals surface area contributed by atoms with Crippen molar-refractivity contribution >= 4 is 29.1 Å². The molecule has 4 N–H and O–H groups in total. The molecular weight excluding hydrogens is 234 g/mol. The molecule has 1 heterocycles. The number of nitrogen functional groups attached to an aromatic ring is 1. The molecule has 78 valence electrons. The lowest BCUT2D eigenvalue weighted by Gasteiger charge is -2.02. The minimum Gasteiger partial charge on any atom is -0.398 e. The highest BCUT2D eigenvalue weighted by molar-refractivity contribution is 7.99. The van der Waals surface area contributed by atoms with E-state index < -0.39 is 0 Å². The van der Waals surface area contributed by atoms with Gasteiger partial charge in [-0.15, -0.1) is 0 Å². The number of nitrogens with two attached hydrogens (primary N) is 1. The average Bonchev–Trinajstić information content (AvgIpc) is 2.58. The standard InChI is InChI=1S/C9H8ClN3OS/c10-5-1-2-6(11)7(3-5)15-8-4-12-13-9(8)14/h1-4H,11H2,(H2,12,13,14). The van der Waals surface area contributed by atoms with E-state index in [2.05, 4.69) is 10.2 Å². The fourth-order valence-electron chi connectivity index (χ4n) is 1.09. The van der Waals surface area contributed by atoms with Crippen molar-refractivity contribution in [2.24, 2.45) is 0 Å². The summed E-state index contributed by atoms with van der Waals surface area (Å²) in [6, 6.07) is 5.15. The molecule has 0 atom stereocenters. The fraction of sp³-hybridized carbons (Fsp3) is 0. The highest BCUT2D eigenvalue weighted by Crippen LogP contribution is 2.31. The normalized spacial score (nSPS) is 10.5. The molecule has 0 saturated heterocycles. The number of hydrogen-bond donors (Lipinski definition) is 3. The van der Waals surface area contributed by atoms with Gasteiger partial charge in [0, 0.05) is 21.8 Å². The summed E-state index contributed by atoms with van der Waals surface area (Å²) in [7, 11) is 0. The summed E-state index contributed by atoms with van der Waals surface area (Å²) in [5.41, 5.74) is 6.19. The Kier molecular flexibility index (Phi) is 2.75. The summed E-state index contributed by atoms with van der Waals surface area (Å²) in [6.07, 6.45) is 1.59. The van der Waals surface area contributed by atoms with E-state index in [4.69, 9.17) is 17.3 Å². The van der Waals surface area contributed by atoms with Crippen LogP contribution in [0.15, 0.2) is 39.0 Å². The third kappa shape index (κ3) is 2.19. The molecule has 0 saturated carbocycles. The van der Waals surface area contributed by atoms with E-state index in [0.717, 1.165) is 4.90 Å². The van der Waals surface area contributed by atoms with Crippen molar-refractivity contribution in [3.8, 4) is 0 Å². The maximum absolute atomic E-state index is 11.2. The number of H-pyrrole nitrogens is 2. The van der Waals surface area contributed by atoms with E-state index in [0.29, 0.717) is 15.6 Å². The molecule has 2 aromatic rings. The van der Waals surface area contributed by atoms with Gasteiger partial charge in [-0.1, -0.05) is 23.4 Å². The van der Waals surface area contributed by atoms with Crippen LogP contribution in [0.3, 0.4) is 0 Å². The van der Waals surface area contributed by atoms with E-state index in [9.17, 15) is 4.79 Å². The molecule has 0 fully saturated rings. The lowest BCUT2D eigenvalue weighted by Crippen LogP contribution is -2.00. The molecule has 6 heteroatoms. The molecule has 0 radical (unpaired) electrons. The van der Waals surface area contributed by atoms with Crippen LogP contribution in [0.1, 0.15) is 0 Å². The zero-order chi connectivity index (χ0) is 10.8. The highest BCUT2D eigenvalue weighted by atomic mass is 35.5. The number of anilines is 1. The summed E-state index contributed by atoms with van der Waals surface area (Å²) in [6.45, 7) is 0. The lowest BCUT2D eigenvalue weighted by molar-refractivity contribution is 1.05. The van der Waals surface area contributed by atoms with Gasteiger partial charge >= 0.3 is 0 Å². The summed E-state index contributed by atoms with van der Waals surface area (Å²) < 4.78 is 0. The molecule has 0 aliphatic rings. The number of hydrogen-bond acceptors (Lipinski definition) is 3. The van der Waals surface area contributed by atoms with Crippen LogP contribution in [0.5, 0.6) is 0 Å². The Balaban J connectivity index is 2.36. The second kappa shape index (κ2) is 4.04. The van der Waals surface area contributed by atoms with Crippen LogP contribution in [-0.2, 0) is 0 Å². The van der Waals surface area contributed by atoms with E-state index in [1.807, 2.05) is 0 Å². The van der Waals surface area contributed by atoms with Gasteiger partial charge in [0.1, 0.15) is 0 Å². The van der Waals surface area contributed by atoms with Gasteiger partial charge in [0.05, 0.1) is 4.90 Å². The lowest BCUT2D eigenvalue weighted by atomic mass is 10.3. The van der Waals surface area contributed by atoms with Crippen molar-refractivity contribution in [2.75, 3.05) is 5.73 Å². The fourth-order valence-corrected chi connectivity index (χ4v) is 2.19. The molecule has 15 heavy (non-hydrogen) atoms. The van der Waals surface area contributed by atoms with Gasteiger partial charge in [0.15, 0.2) is 0 Å². The Morgan fingerprint density at radius 1 is 1.33 bits per heavy atom. The molecule has 2 rings (SSSR count). The predicted molar refractivity (Wildman–Crippen MR) is 61.4 cm³/mol.